The van der Waals surface area contributed by atoms with Gasteiger partial charge in [-0.2, -0.15) is 13.2 Å². The van der Waals surface area contributed by atoms with E-state index in [1.54, 1.807) is 0 Å². The fraction of sp³-hybridized carbons (Fsp3) is 0.467. The van der Waals surface area contributed by atoms with Crippen LogP contribution in [0.1, 0.15) is 24.8 Å². The summed E-state index contributed by atoms with van der Waals surface area (Å²) in [5.74, 6) is -2.76. The first kappa shape index (κ1) is 19.8. The van der Waals surface area contributed by atoms with E-state index in [0.717, 1.165) is 24.8 Å². The van der Waals surface area contributed by atoms with E-state index in [0.29, 0.717) is 6.61 Å². The van der Waals surface area contributed by atoms with Crippen molar-refractivity contribution in [2.45, 2.75) is 44.1 Å². The number of hydrogen-bond acceptors (Lipinski definition) is 4. The number of carbonyl (C=O) groups excluding carboxylic acids is 1. The number of alkyl carbamates (subject to hydrolysis) is 1. The van der Waals surface area contributed by atoms with E-state index in [4.69, 9.17) is 20.4 Å². The van der Waals surface area contributed by atoms with Gasteiger partial charge in [0.2, 0.25) is 0 Å². The van der Waals surface area contributed by atoms with Crippen LogP contribution in [0.5, 0.6) is 0 Å². The van der Waals surface area contributed by atoms with Crippen LogP contribution < -0.4 is 11.1 Å². The zero-order valence-corrected chi connectivity index (χ0v) is 12.8. The van der Waals surface area contributed by atoms with Crippen LogP contribution in [0.2, 0.25) is 0 Å². The maximum atomic E-state index is 11.5. The number of ether oxygens (including phenoxy) is 1. The highest BCUT2D eigenvalue weighted by molar-refractivity contribution is 5.73. The van der Waals surface area contributed by atoms with Crippen molar-refractivity contribution in [3.8, 4) is 0 Å². The van der Waals surface area contributed by atoms with Crippen molar-refractivity contribution in [3.05, 3.63) is 35.9 Å². The second kappa shape index (κ2) is 9.11. The Kier molecular flexibility index (Phi) is 7.50. The number of nitrogens with one attached hydrogen (secondary N) is 1. The number of rotatable bonds is 3. The molecule has 1 amide bonds. The highest BCUT2D eigenvalue weighted by atomic mass is 19.4. The molecule has 1 aliphatic rings. The van der Waals surface area contributed by atoms with Gasteiger partial charge in [-0.3, -0.25) is 0 Å². The molecule has 1 saturated carbocycles. The highest BCUT2D eigenvalue weighted by Gasteiger charge is 2.38. The molecule has 0 aliphatic heterocycles. The molecule has 1 fully saturated rings. The Morgan fingerprint density at radius 2 is 1.83 bits per heavy atom. The molecule has 0 saturated heterocycles. The zero-order chi connectivity index (χ0) is 18.2. The SMILES string of the molecule is N[C@H]1CC[C@@H](NC(=O)OCc2ccccc2)C1.O=C(O)C(F)(F)F. The summed E-state index contributed by atoms with van der Waals surface area (Å²) in [6.07, 6.45) is -2.67. The average Bonchev–Trinajstić information content (AvgIpc) is 2.91. The molecule has 9 heteroatoms. The summed E-state index contributed by atoms with van der Waals surface area (Å²) in [4.78, 5) is 20.4. The Labute approximate surface area is 136 Å². The second-order valence-corrected chi connectivity index (χ2v) is 5.28. The zero-order valence-electron chi connectivity index (χ0n) is 12.8. The van der Waals surface area contributed by atoms with Crippen molar-refractivity contribution in [1.82, 2.24) is 5.32 Å². The Hall–Kier alpha value is -2.29. The standard InChI is InChI=1S/C13H18N2O2.C2HF3O2/c14-11-6-7-12(8-11)15-13(16)17-9-10-4-2-1-3-5-10;3-2(4,5)1(6)7/h1-5,11-12H,6-9,14H2,(H,15,16);(H,6,7)/t11-,12+;/m0./s1. The predicted molar refractivity (Wildman–Crippen MR) is 79.1 cm³/mol. The number of amides is 1. The van der Waals surface area contributed by atoms with E-state index in [9.17, 15) is 18.0 Å². The van der Waals surface area contributed by atoms with Crippen molar-refractivity contribution in [3.63, 3.8) is 0 Å². The summed E-state index contributed by atoms with van der Waals surface area (Å²) >= 11 is 0. The number of nitrogens with two attached hydrogens (primary N) is 1. The monoisotopic (exact) mass is 348 g/mol. The predicted octanol–water partition coefficient (Wildman–Crippen LogP) is 2.43. The van der Waals surface area contributed by atoms with Gasteiger partial charge >= 0.3 is 18.2 Å². The first-order valence-corrected chi connectivity index (χ1v) is 7.21. The molecule has 6 nitrogen and oxygen atoms in total. The number of hydrogen-bond donors (Lipinski definition) is 3. The third-order valence-corrected chi connectivity index (χ3v) is 3.25. The van der Waals surface area contributed by atoms with Gasteiger partial charge < -0.3 is 20.9 Å². The molecule has 0 radical (unpaired) electrons. The number of carbonyl (C=O) groups is 2. The van der Waals surface area contributed by atoms with Crippen LogP contribution >= 0.6 is 0 Å². The van der Waals surface area contributed by atoms with Crippen molar-refractivity contribution >= 4 is 12.1 Å². The van der Waals surface area contributed by atoms with Crippen molar-refractivity contribution in [2.24, 2.45) is 5.73 Å². The van der Waals surface area contributed by atoms with Crippen LogP contribution in [0, 0.1) is 0 Å². The first-order chi connectivity index (χ1) is 11.2. The summed E-state index contributed by atoms with van der Waals surface area (Å²) in [6, 6.07) is 10.0. The number of alkyl halides is 3. The Balaban J connectivity index is 0.000000351. The minimum atomic E-state index is -5.08. The van der Waals surface area contributed by atoms with Crippen molar-refractivity contribution < 1.29 is 32.6 Å². The molecule has 0 spiro atoms. The van der Waals surface area contributed by atoms with E-state index in [1.807, 2.05) is 30.3 Å². The summed E-state index contributed by atoms with van der Waals surface area (Å²) in [5, 5.41) is 9.96. The smallest absolute Gasteiger partial charge is 0.475 e. The highest BCUT2D eigenvalue weighted by Crippen LogP contribution is 2.17. The van der Waals surface area contributed by atoms with Gasteiger partial charge in [0.15, 0.2) is 0 Å². The van der Waals surface area contributed by atoms with Crippen LogP contribution in [0.4, 0.5) is 18.0 Å². The molecule has 2 rings (SSSR count). The van der Waals surface area contributed by atoms with E-state index in [1.165, 1.54) is 0 Å². The first-order valence-electron chi connectivity index (χ1n) is 7.21. The molecule has 134 valence electrons. The van der Waals surface area contributed by atoms with Gasteiger partial charge in [-0.15, -0.1) is 0 Å². The van der Waals surface area contributed by atoms with Gasteiger partial charge in [0.1, 0.15) is 6.61 Å². The van der Waals surface area contributed by atoms with Crippen LogP contribution in [-0.4, -0.2) is 35.4 Å². The Morgan fingerprint density at radius 3 is 2.29 bits per heavy atom. The number of carboxylic acid groups (broad SMARTS) is 1. The molecule has 0 unspecified atom stereocenters. The van der Waals surface area contributed by atoms with Crippen molar-refractivity contribution in [2.75, 3.05) is 0 Å². The number of benzene rings is 1. The number of halogens is 3. The van der Waals surface area contributed by atoms with Gasteiger partial charge in [-0.1, -0.05) is 30.3 Å². The van der Waals surface area contributed by atoms with Crippen LogP contribution in [0.15, 0.2) is 30.3 Å². The fourth-order valence-electron chi connectivity index (χ4n) is 2.08. The maximum absolute atomic E-state index is 11.5. The molecule has 1 aliphatic carbocycles. The number of aliphatic carboxylic acids is 1. The van der Waals surface area contributed by atoms with Crippen molar-refractivity contribution in [1.29, 1.82) is 0 Å². The topological polar surface area (TPSA) is 102 Å². The molecule has 1 aromatic rings. The third kappa shape index (κ3) is 7.82. The molecule has 4 N–H and O–H groups in total. The van der Waals surface area contributed by atoms with E-state index < -0.39 is 12.1 Å². The molecule has 0 heterocycles. The van der Waals surface area contributed by atoms with E-state index in [-0.39, 0.29) is 18.2 Å². The van der Waals surface area contributed by atoms with Gasteiger partial charge in [0, 0.05) is 12.1 Å². The van der Waals surface area contributed by atoms with Crippen LogP contribution in [-0.2, 0) is 16.1 Å². The summed E-state index contributed by atoms with van der Waals surface area (Å²) in [6.45, 7) is 0.311. The second-order valence-electron chi connectivity index (χ2n) is 5.28. The normalized spacial score (nSPS) is 19.8. The number of carboxylic acids is 1. The minimum absolute atomic E-state index is 0.174. The largest absolute Gasteiger partial charge is 0.490 e. The molecule has 0 aromatic heterocycles. The van der Waals surface area contributed by atoms with E-state index >= 15 is 0 Å². The molecular weight excluding hydrogens is 329 g/mol. The van der Waals surface area contributed by atoms with Crippen LogP contribution in [0.25, 0.3) is 0 Å². The summed E-state index contributed by atoms with van der Waals surface area (Å²) < 4.78 is 36.9. The molecular formula is C15H19F3N2O4. The maximum Gasteiger partial charge on any atom is 0.490 e. The lowest BCUT2D eigenvalue weighted by molar-refractivity contribution is -0.192. The Bertz CT molecular complexity index is 537. The van der Waals surface area contributed by atoms with Gasteiger partial charge in [0.25, 0.3) is 0 Å². The third-order valence-electron chi connectivity index (χ3n) is 3.25. The van der Waals surface area contributed by atoms with Gasteiger partial charge in [0.05, 0.1) is 0 Å². The molecule has 0 bridgehead atoms. The fourth-order valence-corrected chi connectivity index (χ4v) is 2.08. The van der Waals surface area contributed by atoms with Gasteiger partial charge in [-0.25, -0.2) is 9.59 Å². The van der Waals surface area contributed by atoms with Crippen LogP contribution in [0.3, 0.4) is 0 Å². The minimum Gasteiger partial charge on any atom is -0.475 e. The van der Waals surface area contributed by atoms with E-state index in [2.05, 4.69) is 5.32 Å². The molecule has 2 atom stereocenters. The van der Waals surface area contributed by atoms with Gasteiger partial charge in [-0.05, 0) is 24.8 Å². The quantitative estimate of drug-likeness (QED) is 0.779. The summed E-state index contributed by atoms with van der Waals surface area (Å²) in [7, 11) is 0. The Morgan fingerprint density at radius 1 is 1.25 bits per heavy atom. The molecule has 24 heavy (non-hydrogen) atoms. The molecule has 1 aromatic carbocycles. The lowest BCUT2D eigenvalue weighted by Gasteiger charge is -2.12. The lowest BCUT2D eigenvalue weighted by Crippen LogP contribution is -2.34. The average molecular weight is 348 g/mol. The lowest BCUT2D eigenvalue weighted by atomic mass is 10.2. The summed E-state index contributed by atoms with van der Waals surface area (Å²) in [5.41, 5.74) is 6.77.